The summed E-state index contributed by atoms with van der Waals surface area (Å²) < 4.78 is 11.8. The summed E-state index contributed by atoms with van der Waals surface area (Å²) in [5.41, 5.74) is 2.45. The first-order valence-corrected chi connectivity index (χ1v) is 14.2. The van der Waals surface area contributed by atoms with E-state index in [9.17, 15) is 14.4 Å². The number of carbonyl (C=O) groups excluding carboxylic acids is 3. The Morgan fingerprint density at radius 1 is 1.00 bits per heavy atom. The molecule has 3 atom stereocenters. The van der Waals surface area contributed by atoms with Gasteiger partial charge in [-0.15, -0.1) is 0 Å². The van der Waals surface area contributed by atoms with Crippen LogP contribution in [0.15, 0.2) is 77.3 Å². The summed E-state index contributed by atoms with van der Waals surface area (Å²) in [7, 11) is 2.98. The first kappa shape index (κ1) is 27.9. The highest BCUT2D eigenvalue weighted by Crippen LogP contribution is 2.45. The van der Waals surface area contributed by atoms with Crippen molar-refractivity contribution in [3.8, 4) is 5.75 Å². The monoisotopic (exact) mass is 604 g/mol. The van der Waals surface area contributed by atoms with Crippen LogP contribution in [0.2, 0.25) is 0 Å². The number of amides is 2. The molecular formula is C32H33BrN2O5. The van der Waals surface area contributed by atoms with E-state index in [1.54, 1.807) is 16.9 Å². The number of benzene rings is 3. The van der Waals surface area contributed by atoms with Crippen LogP contribution >= 0.6 is 15.9 Å². The first-order valence-electron chi connectivity index (χ1n) is 13.4. The molecule has 0 aliphatic carbocycles. The largest absolute Gasteiger partial charge is 0.496 e. The predicted octanol–water partition coefficient (Wildman–Crippen LogP) is 5.59. The Balaban J connectivity index is 1.55. The molecule has 2 heterocycles. The maximum Gasteiger partial charge on any atom is 0.318 e. The van der Waals surface area contributed by atoms with Crippen LogP contribution in [0.1, 0.15) is 42.0 Å². The lowest BCUT2D eigenvalue weighted by Gasteiger charge is -2.42. The quantitative estimate of drug-likeness (QED) is 0.343. The lowest BCUT2D eigenvalue weighted by atomic mass is 9.79. The summed E-state index contributed by atoms with van der Waals surface area (Å²) in [6.45, 7) is 2.62. The van der Waals surface area contributed by atoms with Gasteiger partial charge in [0.15, 0.2) is 0 Å². The minimum Gasteiger partial charge on any atom is -0.496 e. The minimum absolute atomic E-state index is 0.0386. The molecule has 8 heteroatoms. The van der Waals surface area contributed by atoms with E-state index >= 15 is 0 Å². The van der Waals surface area contributed by atoms with Crippen molar-refractivity contribution in [3.63, 3.8) is 0 Å². The maximum absolute atomic E-state index is 14.4. The van der Waals surface area contributed by atoms with Gasteiger partial charge in [0.05, 0.1) is 26.2 Å². The second-order valence-corrected chi connectivity index (χ2v) is 11.4. The lowest BCUT2D eigenvalue weighted by Crippen LogP contribution is -2.50. The second kappa shape index (κ2) is 11.5. The van der Waals surface area contributed by atoms with Gasteiger partial charge >= 0.3 is 5.97 Å². The molecule has 0 spiro atoms. The highest BCUT2D eigenvalue weighted by atomic mass is 79.9. The van der Waals surface area contributed by atoms with Crippen LogP contribution < -0.4 is 9.64 Å². The summed E-state index contributed by atoms with van der Waals surface area (Å²) >= 11 is 3.52. The zero-order valence-electron chi connectivity index (χ0n) is 22.9. The van der Waals surface area contributed by atoms with Gasteiger partial charge < -0.3 is 19.3 Å². The molecule has 0 saturated carbocycles. The van der Waals surface area contributed by atoms with E-state index in [0.717, 1.165) is 26.9 Å². The van der Waals surface area contributed by atoms with Crippen molar-refractivity contribution in [2.24, 2.45) is 5.92 Å². The van der Waals surface area contributed by atoms with Crippen LogP contribution in [0, 0.1) is 12.8 Å². The number of hydrogen-bond donors (Lipinski definition) is 0. The number of rotatable bonds is 6. The van der Waals surface area contributed by atoms with Crippen molar-refractivity contribution in [2.45, 2.75) is 37.6 Å². The van der Waals surface area contributed by atoms with Crippen molar-refractivity contribution in [3.05, 3.63) is 94.0 Å². The fourth-order valence-corrected chi connectivity index (χ4v) is 6.56. The molecule has 2 saturated heterocycles. The van der Waals surface area contributed by atoms with Crippen molar-refractivity contribution < 1.29 is 23.9 Å². The third-order valence-corrected chi connectivity index (χ3v) is 8.71. The van der Waals surface area contributed by atoms with E-state index in [1.807, 2.05) is 79.7 Å². The van der Waals surface area contributed by atoms with Crippen LogP contribution in [-0.2, 0) is 24.5 Å². The highest BCUT2D eigenvalue weighted by Gasteiger charge is 2.51. The fraction of sp³-hybridized carbons (Fsp3) is 0.344. The number of nitrogens with zero attached hydrogens (tertiary/aromatic N) is 2. The van der Waals surface area contributed by atoms with Crippen molar-refractivity contribution in [1.82, 2.24) is 4.90 Å². The van der Waals surface area contributed by atoms with Gasteiger partial charge in [-0.2, -0.15) is 0 Å². The van der Waals surface area contributed by atoms with Gasteiger partial charge in [0, 0.05) is 35.2 Å². The van der Waals surface area contributed by atoms with Gasteiger partial charge in [-0.3, -0.25) is 14.4 Å². The van der Waals surface area contributed by atoms with E-state index in [0.29, 0.717) is 25.1 Å². The Kier molecular flexibility index (Phi) is 7.99. The van der Waals surface area contributed by atoms with E-state index in [4.69, 9.17) is 9.47 Å². The number of aryl methyl sites for hydroxylation is 1. The standard InChI is InChI=1S/C32H33BrN2O5/c1-21-11-13-24(14-12-21)35-28(36)16-15-26(29(35)25-9-4-5-10-27(25)39-2)30(37)34-18-17-32(20-34,31(38)40-3)22-7-6-8-23(33)19-22/h4-14,19,26,29H,15-18,20H2,1-3H3. The van der Waals surface area contributed by atoms with Crippen LogP contribution in [0.5, 0.6) is 5.75 Å². The van der Waals surface area contributed by atoms with E-state index in [1.165, 1.54) is 7.11 Å². The number of likely N-dealkylation sites (tertiary alicyclic amines) is 1. The molecule has 2 aliphatic rings. The first-order chi connectivity index (χ1) is 19.3. The number of ether oxygens (including phenoxy) is 2. The fourth-order valence-electron chi connectivity index (χ4n) is 6.16. The van der Waals surface area contributed by atoms with Crippen molar-refractivity contribution >= 4 is 39.4 Å². The van der Waals surface area contributed by atoms with Gasteiger partial charge in [-0.25, -0.2) is 0 Å². The number of esters is 1. The molecule has 2 fully saturated rings. The zero-order chi connectivity index (χ0) is 28.4. The molecule has 5 rings (SSSR count). The average molecular weight is 606 g/mol. The number of para-hydroxylation sites is 1. The number of piperidine rings is 1. The molecule has 3 aromatic rings. The number of methoxy groups -OCH3 is 2. The molecule has 208 valence electrons. The third kappa shape index (κ3) is 5.01. The van der Waals surface area contributed by atoms with Crippen molar-refractivity contribution in [2.75, 3.05) is 32.2 Å². The smallest absolute Gasteiger partial charge is 0.318 e. The molecule has 0 N–H and O–H groups in total. The molecule has 3 unspecified atom stereocenters. The molecule has 0 aromatic heterocycles. The highest BCUT2D eigenvalue weighted by molar-refractivity contribution is 9.10. The summed E-state index contributed by atoms with van der Waals surface area (Å²) in [4.78, 5) is 44.6. The summed E-state index contributed by atoms with van der Waals surface area (Å²) in [5.74, 6) is -0.380. The average Bonchev–Trinajstić information content (AvgIpc) is 3.43. The van der Waals surface area contributed by atoms with Gasteiger partial charge in [0.1, 0.15) is 11.2 Å². The van der Waals surface area contributed by atoms with Gasteiger partial charge in [-0.05, 0) is 55.7 Å². The van der Waals surface area contributed by atoms with Crippen LogP contribution in [-0.4, -0.2) is 50.0 Å². The van der Waals surface area contributed by atoms with Gasteiger partial charge in [-0.1, -0.05) is 64.0 Å². The molecule has 0 bridgehead atoms. The zero-order valence-corrected chi connectivity index (χ0v) is 24.5. The normalized spacial score (nSPS) is 22.8. The van der Waals surface area contributed by atoms with E-state index in [-0.39, 0.29) is 30.7 Å². The summed E-state index contributed by atoms with van der Waals surface area (Å²) in [6.07, 6.45) is 1.10. The third-order valence-electron chi connectivity index (χ3n) is 8.22. The lowest BCUT2D eigenvalue weighted by molar-refractivity contribution is -0.147. The molecule has 7 nitrogen and oxygen atoms in total. The van der Waals surface area contributed by atoms with Crippen molar-refractivity contribution in [1.29, 1.82) is 0 Å². The van der Waals surface area contributed by atoms with Crippen LogP contribution in [0.3, 0.4) is 0 Å². The Hall–Kier alpha value is -3.65. The molecule has 2 aliphatic heterocycles. The predicted molar refractivity (Wildman–Crippen MR) is 156 cm³/mol. The Bertz CT molecular complexity index is 1420. The minimum atomic E-state index is -0.963. The Morgan fingerprint density at radius 3 is 2.45 bits per heavy atom. The SMILES string of the molecule is COC(=O)C1(c2cccc(Br)c2)CCN(C(=O)C2CCC(=O)N(c3ccc(C)cc3)C2c2ccccc2OC)C1. The summed E-state index contributed by atoms with van der Waals surface area (Å²) in [6, 6.07) is 22.4. The number of hydrogen-bond acceptors (Lipinski definition) is 5. The number of carbonyl (C=O) groups is 3. The van der Waals surface area contributed by atoms with Gasteiger partial charge in [0.2, 0.25) is 11.8 Å². The van der Waals surface area contributed by atoms with E-state index < -0.39 is 17.4 Å². The molecule has 3 aromatic carbocycles. The number of anilines is 1. The molecule has 40 heavy (non-hydrogen) atoms. The van der Waals surface area contributed by atoms with Crippen LogP contribution in [0.25, 0.3) is 0 Å². The Labute approximate surface area is 243 Å². The number of halogens is 1. The molecule has 0 radical (unpaired) electrons. The molecular weight excluding hydrogens is 572 g/mol. The maximum atomic E-state index is 14.4. The summed E-state index contributed by atoms with van der Waals surface area (Å²) in [5, 5.41) is 0. The molecule has 2 amide bonds. The van der Waals surface area contributed by atoms with Gasteiger partial charge in [0.25, 0.3) is 0 Å². The second-order valence-electron chi connectivity index (χ2n) is 10.5. The van der Waals surface area contributed by atoms with E-state index in [2.05, 4.69) is 15.9 Å². The topological polar surface area (TPSA) is 76.2 Å². The van der Waals surface area contributed by atoms with Crippen LogP contribution in [0.4, 0.5) is 5.69 Å². The Morgan fingerprint density at radius 2 is 1.75 bits per heavy atom.